The maximum absolute atomic E-state index is 13.0. The number of aromatic nitrogens is 2. The molecule has 8 heteroatoms. The molecule has 1 N–H and O–H groups in total. The van der Waals surface area contributed by atoms with E-state index in [1.165, 1.54) is 0 Å². The summed E-state index contributed by atoms with van der Waals surface area (Å²) in [5.74, 6) is -0.0344. The van der Waals surface area contributed by atoms with Gasteiger partial charge in [0, 0.05) is 37.8 Å². The van der Waals surface area contributed by atoms with Gasteiger partial charge in [-0.1, -0.05) is 6.07 Å². The molecule has 1 aromatic carbocycles. The number of fused-ring (bicyclic) bond motifs is 1. The van der Waals surface area contributed by atoms with E-state index in [2.05, 4.69) is 23.5 Å². The van der Waals surface area contributed by atoms with E-state index >= 15 is 0 Å². The SMILES string of the molecule is CC(=O)N1c2ccc(-c3cnn(C4CN[C@@H]4C)c3)cc2N(C(=O)OC2CCC2)C[C@@H]1C. The third-order valence-corrected chi connectivity index (χ3v) is 6.79. The Bertz CT molecular complexity index is 1010. The Kier molecular flexibility index (Phi) is 4.97. The van der Waals surface area contributed by atoms with Crippen LogP contribution in [0.3, 0.4) is 0 Å². The van der Waals surface area contributed by atoms with E-state index in [-0.39, 0.29) is 24.1 Å². The summed E-state index contributed by atoms with van der Waals surface area (Å²) in [6.45, 7) is 7.00. The zero-order valence-corrected chi connectivity index (χ0v) is 18.2. The van der Waals surface area contributed by atoms with Gasteiger partial charge in [0.15, 0.2) is 0 Å². The number of anilines is 2. The molecular formula is C23H29N5O3. The molecule has 31 heavy (non-hydrogen) atoms. The Hall–Kier alpha value is -2.87. The first kappa shape index (κ1) is 20.1. The van der Waals surface area contributed by atoms with Crippen LogP contribution in [-0.4, -0.2) is 53.1 Å². The summed E-state index contributed by atoms with van der Waals surface area (Å²) in [6, 6.07) is 6.53. The molecule has 3 heterocycles. The predicted octanol–water partition coefficient (Wildman–Crippen LogP) is 3.33. The number of nitrogens with one attached hydrogen (secondary N) is 1. The highest BCUT2D eigenvalue weighted by atomic mass is 16.6. The number of ether oxygens (including phenoxy) is 1. The first-order valence-corrected chi connectivity index (χ1v) is 11.1. The molecule has 3 aliphatic rings. The molecule has 2 fully saturated rings. The van der Waals surface area contributed by atoms with Crippen LogP contribution in [0.2, 0.25) is 0 Å². The van der Waals surface area contributed by atoms with Gasteiger partial charge < -0.3 is 15.0 Å². The van der Waals surface area contributed by atoms with Crippen LogP contribution in [0.1, 0.15) is 46.1 Å². The van der Waals surface area contributed by atoms with Crippen molar-refractivity contribution in [1.82, 2.24) is 15.1 Å². The van der Waals surface area contributed by atoms with E-state index < -0.39 is 0 Å². The number of amides is 2. The van der Waals surface area contributed by atoms with Gasteiger partial charge in [-0.2, -0.15) is 5.10 Å². The molecule has 1 saturated carbocycles. The maximum atomic E-state index is 13.0. The number of benzene rings is 1. The number of hydrogen-bond acceptors (Lipinski definition) is 5. The molecular weight excluding hydrogens is 394 g/mol. The third kappa shape index (κ3) is 3.48. The molecule has 2 aromatic rings. The average Bonchev–Trinajstić information content (AvgIpc) is 3.17. The number of hydrogen-bond donors (Lipinski definition) is 1. The first-order valence-electron chi connectivity index (χ1n) is 11.1. The lowest BCUT2D eigenvalue weighted by Crippen LogP contribution is -2.52. The van der Waals surface area contributed by atoms with Gasteiger partial charge >= 0.3 is 6.09 Å². The highest BCUT2D eigenvalue weighted by molar-refractivity contribution is 6.03. The minimum atomic E-state index is -0.330. The number of carbonyl (C=O) groups excluding carboxylic acids is 2. The Morgan fingerprint density at radius 3 is 2.58 bits per heavy atom. The molecule has 0 bridgehead atoms. The molecule has 1 unspecified atom stereocenters. The zero-order valence-electron chi connectivity index (χ0n) is 18.2. The average molecular weight is 424 g/mol. The van der Waals surface area contributed by atoms with E-state index in [1.807, 2.05) is 36.0 Å². The maximum Gasteiger partial charge on any atom is 0.414 e. The van der Waals surface area contributed by atoms with Gasteiger partial charge in [-0.3, -0.25) is 14.4 Å². The fraction of sp³-hybridized carbons (Fsp3) is 0.522. The molecule has 0 radical (unpaired) electrons. The van der Waals surface area contributed by atoms with Crippen LogP contribution in [0.5, 0.6) is 0 Å². The van der Waals surface area contributed by atoms with Crippen LogP contribution < -0.4 is 15.1 Å². The van der Waals surface area contributed by atoms with Crippen molar-refractivity contribution in [2.45, 2.75) is 64.3 Å². The van der Waals surface area contributed by atoms with Crippen LogP contribution in [0.4, 0.5) is 16.2 Å². The Morgan fingerprint density at radius 1 is 1.16 bits per heavy atom. The summed E-state index contributed by atoms with van der Waals surface area (Å²) in [5.41, 5.74) is 3.40. The van der Waals surface area contributed by atoms with Crippen molar-refractivity contribution in [3.05, 3.63) is 30.6 Å². The Balaban J connectivity index is 1.49. The zero-order chi connectivity index (χ0) is 21.7. The van der Waals surface area contributed by atoms with Crippen molar-refractivity contribution >= 4 is 23.4 Å². The topological polar surface area (TPSA) is 79.7 Å². The second kappa shape index (κ2) is 7.67. The van der Waals surface area contributed by atoms with Gasteiger partial charge in [0.25, 0.3) is 0 Å². The van der Waals surface area contributed by atoms with Crippen molar-refractivity contribution in [1.29, 1.82) is 0 Å². The van der Waals surface area contributed by atoms with Crippen LogP contribution in [0.15, 0.2) is 30.6 Å². The van der Waals surface area contributed by atoms with Gasteiger partial charge in [-0.25, -0.2) is 4.79 Å². The van der Waals surface area contributed by atoms with Crippen molar-refractivity contribution in [3.63, 3.8) is 0 Å². The molecule has 1 aliphatic carbocycles. The van der Waals surface area contributed by atoms with Crippen molar-refractivity contribution in [2.24, 2.45) is 0 Å². The second-order valence-electron chi connectivity index (χ2n) is 8.96. The molecule has 0 spiro atoms. The molecule has 164 valence electrons. The number of nitrogens with zero attached hydrogens (tertiary/aromatic N) is 4. The minimum Gasteiger partial charge on any atom is -0.446 e. The van der Waals surface area contributed by atoms with E-state index in [4.69, 9.17) is 4.74 Å². The van der Waals surface area contributed by atoms with Gasteiger partial charge in [0.05, 0.1) is 29.7 Å². The molecule has 5 rings (SSSR count). The third-order valence-electron chi connectivity index (χ3n) is 6.79. The van der Waals surface area contributed by atoms with Gasteiger partial charge in [-0.15, -0.1) is 0 Å². The molecule has 8 nitrogen and oxygen atoms in total. The molecule has 1 saturated heterocycles. The van der Waals surface area contributed by atoms with E-state index in [1.54, 1.807) is 16.7 Å². The van der Waals surface area contributed by atoms with Crippen LogP contribution >= 0.6 is 0 Å². The normalized spacial score (nSPS) is 25.5. The molecule has 3 atom stereocenters. The lowest BCUT2D eigenvalue weighted by atomic mass is 9.96. The lowest BCUT2D eigenvalue weighted by molar-refractivity contribution is -0.117. The monoisotopic (exact) mass is 423 g/mol. The molecule has 2 amide bonds. The van der Waals surface area contributed by atoms with E-state index in [0.29, 0.717) is 24.3 Å². The first-order chi connectivity index (χ1) is 14.9. The Labute approximate surface area is 182 Å². The Morgan fingerprint density at radius 2 is 1.97 bits per heavy atom. The van der Waals surface area contributed by atoms with Crippen molar-refractivity contribution in [2.75, 3.05) is 22.9 Å². The van der Waals surface area contributed by atoms with Gasteiger partial charge in [0.1, 0.15) is 6.10 Å². The largest absolute Gasteiger partial charge is 0.446 e. The second-order valence-corrected chi connectivity index (χ2v) is 8.96. The predicted molar refractivity (Wildman–Crippen MR) is 118 cm³/mol. The van der Waals surface area contributed by atoms with Gasteiger partial charge in [0.2, 0.25) is 5.91 Å². The smallest absolute Gasteiger partial charge is 0.414 e. The number of rotatable bonds is 3. The summed E-state index contributed by atoms with van der Waals surface area (Å²) in [7, 11) is 0. The summed E-state index contributed by atoms with van der Waals surface area (Å²) >= 11 is 0. The lowest BCUT2D eigenvalue weighted by Gasteiger charge is -2.41. The fourth-order valence-corrected chi connectivity index (χ4v) is 4.60. The van der Waals surface area contributed by atoms with E-state index in [9.17, 15) is 9.59 Å². The van der Waals surface area contributed by atoms with Crippen molar-refractivity contribution in [3.8, 4) is 11.1 Å². The van der Waals surface area contributed by atoms with Crippen LogP contribution in [-0.2, 0) is 9.53 Å². The van der Waals surface area contributed by atoms with Gasteiger partial charge in [-0.05, 0) is 50.8 Å². The fourth-order valence-electron chi connectivity index (χ4n) is 4.60. The summed E-state index contributed by atoms with van der Waals surface area (Å²) in [4.78, 5) is 28.8. The standard InChI is InChI=1S/C23H29N5O3/c1-14-12-26(23(30)31-19-5-4-6-19)21-9-17(7-8-20(21)28(14)16(3)29)18-10-25-27(13-18)22-11-24-15(22)2/h7-10,13-15,19,22,24H,4-6,11-12H2,1-3H3/t14-,15+,22?/m0/s1. The quantitative estimate of drug-likeness (QED) is 0.819. The molecule has 2 aliphatic heterocycles. The summed E-state index contributed by atoms with van der Waals surface area (Å²) < 4.78 is 7.70. The van der Waals surface area contributed by atoms with Crippen molar-refractivity contribution < 1.29 is 14.3 Å². The summed E-state index contributed by atoms with van der Waals surface area (Å²) in [6.07, 6.45) is 6.55. The van der Waals surface area contributed by atoms with Crippen LogP contribution in [0.25, 0.3) is 11.1 Å². The number of carbonyl (C=O) groups is 2. The highest BCUT2D eigenvalue weighted by Gasteiger charge is 2.36. The van der Waals surface area contributed by atoms with E-state index in [0.717, 1.165) is 42.6 Å². The summed E-state index contributed by atoms with van der Waals surface area (Å²) in [5, 5.41) is 7.90. The highest BCUT2D eigenvalue weighted by Crippen LogP contribution is 2.40. The minimum absolute atomic E-state index is 0.0107. The van der Waals surface area contributed by atoms with Crippen LogP contribution in [0, 0.1) is 0 Å². The molecule has 1 aromatic heterocycles.